The lowest BCUT2D eigenvalue weighted by molar-refractivity contribution is -0.578. The van der Waals surface area contributed by atoms with Gasteiger partial charge in [-0.05, 0) is 0 Å². The molecule has 0 aliphatic carbocycles. The topological polar surface area (TPSA) is 68.5 Å². The van der Waals surface area contributed by atoms with Gasteiger partial charge in [-0.25, -0.2) is 9.71 Å². The fourth-order valence-corrected chi connectivity index (χ4v) is 0.790. The molecule has 1 N–H and O–H groups in total. The molecule has 0 bridgehead atoms. The van der Waals surface area contributed by atoms with Gasteiger partial charge in [0.2, 0.25) is 0 Å². The van der Waals surface area contributed by atoms with Crippen LogP contribution in [-0.2, 0) is 0 Å². The van der Waals surface area contributed by atoms with Gasteiger partial charge in [-0.2, -0.15) is 0 Å². The molecule has 5 heteroatoms. The fourth-order valence-electron chi connectivity index (χ4n) is 0.790. The van der Waals surface area contributed by atoms with E-state index in [9.17, 15) is 5.21 Å². The Morgan fingerprint density at radius 1 is 1.60 bits per heavy atom. The van der Waals surface area contributed by atoms with Crippen molar-refractivity contribution in [1.82, 2.24) is 15.0 Å². The Balaban J connectivity index is 2.93. The largest absolute Gasteiger partial charge is 0.740 e. The number of imidazole rings is 1. The van der Waals surface area contributed by atoms with Crippen LogP contribution in [0.3, 0.4) is 0 Å². The van der Waals surface area contributed by atoms with Gasteiger partial charge < -0.3 is 5.21 Å². The number of nitrogens with one attached hydrogen (secondary N) is 1. The van der Waals surface area contributed by atoms with Crippen LogP contribution in [0.25, 0.3) is 11.2 Å². The molecule has 0 aliphatic heterocycles. The number of hydrogen-bond acceptors (Lipinski definition) is 3. The van der Waals surface area contributed by atoms with E-state index in [0.29, 0.717) is 15.9 Å². The monoisotopic (exact) mass is 136 g/mol. The number of aromatic amines is 1. The predicted octanol–water partition coefficient (Wildman–Crippen LogP) is -0.409. The van der Waals surface area contributed by atoms with Crippen molar-refractivity contribution in [3.05, 3.63) is 24.1 Å². The zero-order chi connectivity index (χ0) is 6.97. The molecule has 2 aromatic heterocycles. The van der Waals surface area contributed by atoms with E-state index in [-0.39, 0.29) is 0 Å². The number of aromatic nitrogens is 4. The molecule has 50 valence electrons. The lowest BCUT2D eigenvalue weighted by Gasteiger charge is -1.92. The quantitative estimate of drug-likeness (QED) is 0.395. The summed E-state index contributed by atoms with van der Waals surface area (Å²) in [5.41, 5.74) is 1.02. The molecular weight excluding hydrogens is 132 g/mol. The molecule has 0 saturated heterocycles. The van der Waals surface area contributed by atoms with Gasteiger partial charge in [0.05, 0.1) is 6.20 Å². The molecule has 2 heterocycles. The smallest absolute Gasteiger partial charge is 0.305 e. The van der Waals surface area contributed by atoms with Crippen LogP contribution in [0.2, 0.25) is 0 Å². The summed E-state index contributed by atoms with van der Waals surface area (Å²) in [6.45, 7) is 0. The summed E-state index contributed by atoms with van der Waals surface area (Å²) < 4.78 is 0.664. The van der Waals surface area contributed by atoms with Gasteiger partial charge >= 0.3 is 5.65 Å². The summed E-state index contributed by atoms with van der Waals surface area (Å²) in [4.78, 5) is 10.2. The van der Waals surface area contributed by atoms with Crippen LogP contribution in [-0.4, -0.2) is 15.0 Å². The first-order valence-electron chi connectivity index (χ1n) is 2.74. The number of hydrogen-bond donors (Lipinski definition) is 1. The van der Waals surface area contributed by atoms with Crippen LogP contribution in [0.1, 0.15) is 0 Å². The van der Waals surface area contributed by atoms with Gasteiger partial charge in [0, 0.05) is 0 Å². The third-order valence-electron chi connectivity index (χ3n) is 1.24. The maximum atomic E-state index is 10.8. The fraction of sp³-hybridized carbons (Fsp3) is 0. The summed E-state index contributed by atoms with van der Waals surface area (Å²) in [6.07, 6.45) is 4.18. The van der Waals surface area contributed by atoms with Crippen LogP contribution >= 0.6 is 0 Å². The van der Waals surface area contributed by atoms with E-state index in [1.54, 1.807) is 6.20 Å². The van der Waals surface area contributed by atoms with Crippen LogP contribution in [0.5, 0.6) is 0 Å². The molecular formula is C5H4N4O. The number of rotatable bonds is 0. The lowest BCUT2D eigenvalue weighted by Crippen LogP contribution is -2.23. The van der Waals surface area contributed by atoms with Crippen LogP contribution in [0.15, 0.2) is 18.9 Å². The highest BCUT2D eigenvalue weighted by Gasteiger charge is 2.02. The Bertz CT molecular complexity index is 355. The van der Waals surface area contributed by atoms with E-state index in [4.69, 9.17) is 0 Å². The average molecular weight is 136 g/mol. The molecule has 2 aromatic rings. The summed E-state index contributed by atoms with van der Waals surface area (Å²) >= 11 is 0. The zero-order valence-corrected chi connectivity index (χ0v) is 4.98. The first-order chi connectivity index (χ1) is 4.88. The maximum absolute atomic E-state index is 10.8. The molecule has 0 amide bonds. The third kappa shape index (κ3) is 0.540. The second-order valence-corrected chi connectivity index (χ2v) is 1.86. The SMILES string of the molecule is [O-][n+]1c[nH]c2cncnc21. The van der Waals surface area contributed by atoms with E-state index < -0.39 is 0 Å². The van der Waals surface area contributed by atoms with Gasteiger partial charge in [0.15, 0.2) is 18.2 Å². The minimum absolute atomic E-state index is 0.370. The zero-order valence-electron chi connectivity index (χ0n) is 4.98. The van der Waals surface area contributed by atoms with Crippen molar-refractivity contribution >= 4 is 11.2 Å². The van der Waals surface area contributed by atoms with E-state index in [1.807, 2.05) is 0 Å². The summed E-state index contributed by atoms with van der Waals surface area (Å²) in [6, 6.07) is 0. The van der Waals surface area contributed by atoms with Crippen molar-refractivity contribution in [2.45, 2.75) is 0 Å². The normalized spacial score (nSPS) is 10.4. The van der Waals surface area contributed by atoms with Crippen LogP contribution < -0.4 is 4.73 Å². The molecule has 0 radical (unpaired) electrons. The molecule has 0 fully saturated rings. The highest BCUT2D eigenvalue weighted by atomic mass is 16.5. The predicted molar refractivity (Wildman–Crippen MR) is 32.8 cm³/mol. The molecule has 0 spiro atoms. The summed E-state index contributed by atoms with van der Waals surface area (Å²) in [5, 5.41) is 10.8. The highest BCUT2D eigenvalue weighted by Crippen LogP contribution is 1.97. The van der Waals surface area contributed by atoms with E-state index in [0.717, 1.165) is 0 Å². The molecule has 0 aliphatic rings. The molecule has 2 rings (SSSR count). The number of nitrogens with zero attached hydrogens (tertiary/aromatic N) is 3. The first-order valence-corrected chi connectivity index (χ1v) is 2.74. The molecule has 0 aromatic carbocycles. The highest BCUT2D eigenvalue weighted by molar-refractivity contribution is 5.63. The minimum atomic E-state index is 0.370. The minimum Gasteiger partial charge on any atom is -0.740 e. The van der Waals surface area contributed by atoms with Crippen molar-refractivity contribution in [1.29, 1.82) is 0 Å². The Morgan fingerprint density at radius 2 is 2.50 bits per heavy atom. The summed E-state index contributed by atoms with van der Waals surface area (Å²) in [5.74, 6) is 0. The molecule has 0 unspecified atom stereocenters. The van der Waals surface area contributed by atoms with Crippen molar-refractivity contribution in [2.24, 2.45) is 0 Å². The van der Waals surface area contributed by atoms with E-state index in [1.165, 1.54) is 12.7 Å². The Morgan fingerprint density at radius 3 is 3.30 bits per heavy atom. The van der Waals surface area contributed by atoms with Crippen molar-refractivity contribution in [3.63, 3.8) is 0 Å². The van der Waals surface area contributed by atoms with Crippen LogP contribution in [0.4, 0.5) is 0 Å². The number of H-pyrrole nitrogens is 1. The maximum Gasteiger partial charge on any atom is 0.305 e. The summed E-state index contributed by atoms with van der Waals surface area (Å²) in [7, 11) is 0. The standard InChI is InChI=1S/C5H4N4O/c10-9-3-8-4-1-6-2-7-5(4)9/h1-3,8H. The molecule has 10 heavy (non-hydrogen) atoms. The van der Waals surface area contributed by atoms with E-state index in [2.05, 4.69) is 15.0 Å². The number of fused-ring (bicyclic) bond motifs is 1. The second-order valence-electron chi connectivity index (χ2n) is 1.86. The first kappa shape index (κ1) is 5.16. The van der Waals surface area contributed by atoms with Gasteiger partial charge in [-0.3, -0.25) is 4.98 Å². The van der Waals surface area contributed by atoms with Crippen molar-refractivity contribution in [2.75, 3.05) is 0 Å². The van der Waals surface area contributed by atoms with Gasteiger partial charge in [0.1, 0.15) is 0 Å². The van der Waals surface area contributed by atoms with Crippen molar-refractivity contribution in [3.8, 4) is 0 Å². The molecule has 0 atom stereocenters. The van der Waals surface area contributed by atoms with Gasteiger partial charge in [-0.1, -0.05) is 4.98 Å². The third-order valence-corrected chi connectivity index (χ3v) is 1.24. The van der Waals surface area contributed by atoms with Gasteiger partial charge in [0.25, 0.3) is 0 Å². The second kappa shape index (κ2) is 1.66. The van der Waals surface area contributed by atoms with Crippen LogP contribution in [0, 0.1) is 5.21 Å². The Kier molecular flexibility index (Phi) is 0.858. The molecule has 0 saturated carbocycles. The lowest BCUT2D eigenvalue weighted by atomic mass is 10.6. The van der Waals surface area contributed by atoms with Crippen molar-refractivity contribution < 1.29 is 4.73 Å². The average Bonchev–Trinajstić information content (AvgIpc) is 2.34. The Labute approximate surface area is 55.9 Å². The van der Waals surface area contributed by atoms with Gasteiger partial charge in [-0.15, -0.1) is 0 Å². The van der Waals surface area contributed by atoms with E-state index >= 15 is 0 Å². The molecule has 5 nitrogen and oxygen atoms in total. The Hall–Kier alpha value is -1.65.